The number of furan rings is 1. The second-order valence-electron chi connectivity index (χ2n) is 9.17. The van der Waals surface area contributed by atoms with Crippen LogP contribution in [0.3, 0.4) is 0 Å². The van der Waals surface area contributed by atoms with Crippen LogP contribution >= 0.6 is 28.1 Å². The highest BCUT2D eigenvalue weighted by Crippen LogP contribution is 2.41. The molecule has 1 amide bonds. The van der Waals surface area contributed by atoms with Crippen LogP contribution in [0, 0.1) is 13.8 Å². The number of hydrogen-bond acceptors (Lipinski definition) is 4. The molecule has 1 fully saturated rings. The van der Waals surface area contributed by atoms with Gasteiger partial charge in [0.25, 0.3) is 0 Å². The molecule has 4 aromatic rings. The van der Waals surface area contributed by atoms with Crippen molar-refractivity contribution in [2.45, 2.75) is 32.4 Å². The predicted molar refractivity (Wildman–Crippen MR) is 153 cm³/mol. The molecule has 0 saturated carbocycles. The highest BCUT2D eigenvalue weighted by atomic mass is 79.9. The van der Waals surface area contributed by atoms with E-state index in [1.54, 1.807) is 6.20 Å². The van der Waals surface area contributed by atoms with Gasteiger partial charge in [-0.15, -0.1) is 0 Å². The summed E-state index contributed by atoms with van der Waals surface area (Å²) in [4.78, 5) is 19.4. The lowest BCUT2D eigenvalue weighted by Crippen LogP contribution is -2.32. The Morgan fingerprint density at radius 3 is 2.59 bits per heavy atom. The normalized spacial score (nSPS) is 17.1. The van der Waals surface area contributed by atoms with Gasteiger partial charge in [0.05, 0.1) is 11.7 Å². The number of anilines is 1. The maximum Gasteiger partial charge on any atom is 0.226 e. The van der Waals surface area contributed by atoms with Crippen molar-refractivity contribution in [1.29, 1.82) is 0 Å². The Labute approximate surface area is 230 Å². The van der Waals surface area contributed by atoms with Gasteiger partial charge in [0.2, 0.25) is 5.91 Å². The molecule has 0 radical (unpaired) electrons. The third kappa shape index (κ3) is 5.60. The summed E-state index contributed by atoms with van der Waals surface area (Å²) in [5.74, 6) is 1.44. The Morgan fingerprint density at radius 1 is 1.08 bits per heavy atom. The number of halogens is 1. The summed E-state index contributed by atoms with van der Waals surface area (Å²) < 4.78 is 7.39. The lowest BCUT2D eigenvalue weighted by molar-refractivity contribution is -0.116. The van der Waals surface area contributed by atoms with Gasteiger partial charge >= 0.3 is 0 Å². The van der Waals surface area contributed by atoms with Crippen LogP contribution in [0.4, 0.5) is 5.69 Å². The van der Waals surface area contributed by atoms with Crippen LogP contribution in [-0.4, -0.2) is 27.4 Å². The van der Waals surface area contributed by atoms with Crippen LogP contribution in [0.15, 0.2) is 87.9 Å². The Kier molecular flexibility index (Phi) is 7.39. The molecule has 1 aliphatic heterocycles. The monoisotopic (exact) mass is 574 g/mol. The molecule has 2 N–H and O–H groups in total. The summed E-state index contributed by atoms with van der Waals surface area (Å²) in [5, 5.41) is 6.95. The summed E-state index contributed by atoms with van der Waals surface area (Å²) in [5.41, 5.74) is 4.92. The molecule has 3 heterocycles. The Morgan fingerprint density at radius 2 is 1.86 bits per heavy atom. The third-order valence-corrected chi connectivity index (χ3v) is 7.43. The SMILES string of the molecule is Cc1ccc(NC(=O)CCN2C(=S)N[C@@H](c3ccccn3)[C@@H]2c2ccc(-c3ccc(C)cc3Br)o2)cc1. The molecule has 0 aliphatic carbocycles. The minimum atomic E-state index is -0.257. The zero-order valence-corrected chi connectivity index (χ0v) is 23.0. The number of benzene rings is 2. The van der Waals surface area contributed by atoms with E-state index in [4.69, 9.17) is 16.6 Å². The molecule has 1 aliphatic rings. The minimum Gasteiger partial charge on any atom is -0.459 e. The van der Waals surface area contributed by atoms with Crippen molar-refractivity contribution in [3.63, 3.8) is 0 Å². The first kappa shape index (κ1) is 25.2. The van der Waals surface area contributed by atoms with Crippen molar-refractivity contribution in [2.24, 2.45) is 0 Å². The van der Waals surface area contributed by atoms with Gasteiger partial charge < -0.3 is 20.0 Å². The van der Waals surface area contributed by atoms with Crippen molar-refractivity contribution in [3.05, 3.63) is 106 Å². The summed E-state index contributed by atoms with van der Waals surface area (Å²) in [6.07, 6.45) is 2.05. The van der Waals surface area contributed by atoms with Gasteiger partial charge in [-0.25, -0.2) is 0 Å². The first-order chi connectivity index (χ1) is 17.9. The Balaban J connectivity index is 1.40. The fraction of sp³-hybridized carbons (Fsp3) is 0.207. The van der Waals surface area contributed by atoms with Crippen molar-refractivity contribution in [1.82, 2.24) is 15.2 Å². The molecule has 6 nitrogen and oxygen atoms in total. The van der Waals surface area contributed by atoms with Crippen molar-refractivity contribution < 1.29 is 9.21 Å². The molecule has 37 heavy (non-hydrogen) atoms. The number of pyridine rings is 1. The van der Waals surface area contributed by atoms with Crippen molar-refractivity contribution in [2.75, 3.05) is 11.9 Å². The standard InChI is InChI=1S/C29H27BrN4O2S/c1-18-6-9-20(10-7-18)32-26(35)14-16-34-28(27(33-29(34)37)23-5-3-4-15-31-23)25-13-12-24(36-25)21-11-8-19(2)17-22(21)30/h3-13,15,17,27-28H,14,16H2,1-2H3,(H,32,35)(H,33,37)/t27-,28-/m0/s1. The van der Waals surface area contributed by atoms with Crippen molar-refractivity contribution >= 4 is 44.9 Å². The van der Waals surface area contributed by atoms with Gasteiger partial charge in [0.15, 0.2) is 5.11 Å². The number of nitrogens with zero attached hydrogens (tertiary/aromatic N) is 2. The van der Waals surface area contributed by atoms with E-state index in [1.807, 2.05) is 72.5 Å². The summed E-state index contributed by atoms with van der Waals surface area (Å²) in [7, 11) is 0. The third-order valence-electron chi connectivity index (χ3n) is 6.42. The zero-order chi connectivity index (χ0) is 25.9. The predicted octanol–water partition coefficient (Wildman–Crippen LogP) is 6.72. The van der Waals surface area contributed by atoms with E-state index in [1.165, 1.54) is 0 Å². The van der Waals surface area contributed by atoms with Crippen molar-refractivity contribution in [3.8, 4) is 11.3 Å². The first-order valence-electron chi connectivity index (χ1n) is 12.1. The maximum atomic E-state index is 12.8. The van der Waals surface area contributed by atoms with Crippen LogP contribution in [0.5, 0.6) is 0 Å². The van der Waals surface area contributed by atoms with Crippen LogP contribution in [0.2, 0.25) is 0 Å². The second-order valence-corrected chi connectivity index (χ2v) is 10.4. The minimum absolute atomic E-state index is 0.0737. The van der Waals surface area contributed by atoms with Crippen LogP contribution in [0.25, 0.3) is 11.3 Å². The Hall–Kier alpha value is -3.49. The number of hydrogen-bond donors (Lipinski definition) is 2. The van der Waals surface area contributed by atoms with E-state index in [0.717, 1.165) is 44.1 Å². The van der Waals surface area contributed by atoms with Crippen LogP contribution < -0.4 is 10.6 Å². The van der Waals surface area contributed by atoms with Crippen LogP contribution in [0.1, 0.15) is 41.1 Å². The molecule has 2 aromatic carbocycles. The molecule has 0 unspecified atom stereocenters. The average molecular weight is 576 g/mol. The van der Waals surface area contributed by atoms with Gasteiger partial charge in [-0.2, -0.15) is 0 Å². The van der Waals surface area contributed by atoms with Gasteiger partial charge in [-0.1, -0.05) is 45.8 Å². The Bertz CT molecular complexity index is 1420. The van der Waals surface area contributed by atoms with Gasteiger partial charge in [-0.05, 0) is 80.2 Å². The largest absolute Gasteiger partial charge is 0.459 e. The topological polar surface area (TPSA) is 70.4 Å². The molecular weight excluding hydrogens is 548 g/mol. The quantitative estimate of drug-likeness (QED) is 0.239. The molecule has 1 saturated heterocycles. The maximum absolute atomic E-state index is 12.8. The second kappa shape index (κ2) is 10.9. The van der Waals surface area contributed by atoms with E-state index in [-0.39, 0.29) is 24.4 Å². The number of thiocarbonyl (C=S) groups is 1. The number of carbonyl (C=O) groups is 1. The number of carbonyl (C=O) groups excluding carboxylic acids is 1. The number of rotatable bonds is 7. The molecule has 0 spiro atoms. The smallest absolute Gasteiger partial charge is 0.226 e. The fourth-order valence-electron chi connectivity index (χ4n) is 4.51. The van der Waals surface area contributed by atoms with E-state index in [2.05, 4.69) is 50.6 Å². The molecule has 2 aromatic heterocycles. The van der Waals surface area contributed by atoms with E-state index in [9.17, 15) is 4.79 Å². The highest BCUT2D eigenvalue weighted by molar-refractivity contribution is 9.10. The lowest BCUT2D eigenvalue weighted by atomic mass is 10.0. The molecule has 0 bridgehead atoms. The molecule has 5 rings (SSSR count). The number of aromatic nitrogens is 1. The molecule has 2 atom stereocenters. The lowest BCUT2D eigenvalue weighted by Gasteiger charge is -2.25. The van der Waals surface area contributed by atoms with E-state index in [0.29, 0.717) is 11.7 Å². The highest BCUT2D eigenvalue weighted by Gasteiger charge is 2.41. The van der Waals surface area contributed by atoms with Gasteiger partial charge in [-0.3, -0.25) is 9.78 Å². The number of nitrogens with one attached hydrogen (secondary N) is 2. The summed E-state index contributed by atoms with van der Waals surface area (Å²) in [6.45, 7) is 4.50. The van der Waals surface area contributed by atoms with E-state index < -0.39 is 0 Å². The summed E-state index contributed by atoms with van der Waals surface area (Å²) >= 11 is 9.39. The molecule has 188 valence electrons. The van der Waals surface area contributed by atoms with E-state index >= 15 is 0 Å². The first-order valence-corrected chi connectivity index (χ1v) is 13.3. The fourth-order valence-corrected chi connectivity index (χ4v) is 5.53. The average Bonchev–Trinajstić information content (AvgIpc) is 3.49. The molecule has 8 heteroatoms. The van der Waals surface area contributed by atoms with Gasteiger partial charge in [0, 0.05) is 34.9 Å². The van der Waals surface area contributed by atoms with Gasteiger partial charge in [0.1, 0.15) is 17.6 Å². The van der Waals surface area contributed by atoms with Crippen LogP contribution in [-0.2, 0) is 4.79 Å². The molecular formula is C29H27BrN4O2S. The summed E-state index contributed by atoms with van der Waals surface area (Å²) in [6, 6.07) is 23.2. The number of amides is 1. The number of aryl methyl sites for hydroxylation is 2. The zero-order valence-electron chi connectivity index (χ0n) is 20.6.